The summed E-state index contributed by atoms with van der Waals surface area (Å²) in [6.07, 6.45) is 1.53. The van der Waals surface area contributed by atoms with Crippen LogP contribution in [0.3, 0.4) is 0 Å². The number of aromatic nitrogens is 1. The van der Waals surface area contributed by atoms with Crippen molar-refractivity contribution in [1.82, 2.24) is 15.2 Å². The van der Waals surface area contributed by atoms with E-state index in [2.05, 4.69) is 10.3 Å². The Morgan fingerprint density at radius 2 is 2.00 bits per heavy atom. The molecule has 5 nitrogen and oxygen atoms in total. The van der Waals surface area contributed by atoms with Crippen LogP contribution in [-0.4, -0.2) is 35.1 Å². The summed E-state index contributed by atoms with van der Waals surface area (Å²) in [6, 6.07) is 14.3. The average molecular weight is 385 g/mol. The van der Waals surface area contributed by atoms with Crippen LogP contribution in [0.25, 0.3) is 10.2 Å². The van der Waals surface area contributed by atoms with Crippen LogP contribution in [0.2, 0.25) is 0 Å². The maximum atomic E-state index is 13.3. The Morgan fingerprint density at radius 1 is 1.22 bits per heavy atom. The number of halogens is 1. The Morgan fingerprint density at radius 3 is 2.78 bits per heavy atom. The zero-order valence-corrected chi connectivity index (χ0v) is 15.5. The van der Waals surface area contributed by atoms with Gasteiger partial charge in [-0.2, -0.15) is 0 Å². The van der Waals surface area contributed by atoms with Crippen molar-refractivity contribution in [3.8, 4) is 5.19 Å². The number of carbonyl (C=O) groups excluding carboxylic acids is 1. The van der Waals surface area contributed by atoms with Crippen molar-refractivity contribution in [2.75, 3.05) is 13.1 Å². The number of nitrogens with one attached hydrogen (secondary N) is 1. The summed E-state index contributed by atoms with van der Waals surface area (Å²) in [6.45, 7) is 1.81. The zero-order chi connectivity index (χ0) is 18.6. The molecule has 2 heterocycles. The number of thiazole rings is 1. The number of hydrogen-bond acceptors (Lipinski definition) is 4. The fraction of sp³-hybridized carbons (Fsp3) is 0.300. The number of likely N-dealkylation sites (tertiary alicyclic amines) is 1. The Labute approximate surface area is 160 Å². The molecule has 0 aliphatic carbocycles. The first kappa shape index (κ1) is 17.7. The third-order valence-electron chi connectivity index (χ3n) is 4.61. The van der Waals surface area contributed by atoms with Gasteiger partial charge in [0.2, 0.25) is 0 Å². The largest absolute Gasteiger partial charge is 0.467 e. The van der Waals surface area contributed by atoms with E-state index in [1.165, 1.54) is 23.5 Å². The molecule has 140 valence electrons. The Balaban J connectivity index is 1.27. The lowest BCUT2D eigenvalue weighted by atomic mass is 10.1. The topological polar surface area (TPSA) is 54.5 Å². The minimum absolute atomic E-state index is 0.0218. The Kier molecular flexibility index (Phi) is 5.20. The smallest absolute Gasteiger partial charge is 0.317 e. The molecule has 2 aromatic carbocycles. The van der Waals surface area contributed by atoms with Gasteiger partial charge in [-0.05, 0) is 23.8 Å². The van der Waals surface area contributed by atoms with Crippen LogP contribution >= 0.6 is 11.3 Å². The number of carbonyl (C=O) groups is 1. The number of piperidine rings is 1. The molecule has 0 saturated carbocycles. The number of rotatable bonds is 4. The molecule has 0 spiro atoms. The highest BCUT2D eigenvalue weighted by atomic mass is 32.1. The van der Waals surface area contributed by atoms with Gasteiger partial charge in [-0.15, -0.1) is 0 Å². The second kappa shape index (κ2) is 7.92. The lowest BCUT2D eigenvalue weighted by Crippen LogP contribution is -2.46. The lowest BCUT2D eigenvalue weighted by molar-refractivity contribution is 0.111. The third-order valence-corrected chi connectivity index (χ3v) is 5.52. The van der Waals surface area contributed by atoms with Crippen molar-refractivity contribution in [2.45, 2.75) is 25.5 Å². The van der Waals surface area contributed by atoms with Crippen molar-refractivity contribution in [3.05, 3.63) is 59.9 Å². The molecule has 0 atom stereocenters. The molecule has 1 fully saturated rings. The standard InChI is InChI=1S/C20H20FN3O2S/c21-15-6-7-17-18(12-15)27-20(23-17)26-16-8-10-24(11-9-16)19(25)22-13-14-4-2-1-3-5-14/h1-7,12,16H,8-11,13H2,(H,22,25). The van der Waals surface area contributed by atoms with Crippen molar-refractivity contribution in [2.24, 2.45) is 0 Å². The molecule has 1 N–H and O–H groups in total. The van der Waals surface area contributed by atoms with Crippen LogP contribution in [0.4, 0.5) is 9.18 Å². The molecule has 7 heteroatoms. The minimum atomic E-state index is -0.271. The molecule has 0 bridgehead atoms. The average Bonchev–Trinajstić information content (AvgIpc) is 3.09. The monoisotopic (exact) mass is 385 g/mol. The summed E-state index contributed by atoms with van der Waals surface area (Å²) in [5.41, 5.74) is 1.82. The highest BCUT2D eigenvalue weighted by Crippen LogP contribution is 2.30. The van der Waals surface area contributed by atoms with Crippen LogP contribution in [-0.2, 0) is 6.54 Å². The van der Waals surface area contributed by atoms with Gasteiger partial charge in [0.15, 0.2) is 0 Å². The maximum Gasteiger partial charge on any atom is 0.317 e. The van der Waals surface area contributed by atoms with E-state index in [9.17, 15) is 9.18 Å². The quantitative estimate of drug-likeness (QED) is 0.733. The van der Waals surface area contributed by atoms with Gasteiger partial charge in [0.1, 0.15) is 11.9 Å². The minimum Gasteiger partial charge on any atom is -0.467 e. The van der Waals surface area contributed by atoms with E-state index < -0.39 is 0 Å². The molecule has 4 rings (SSSR count). The van der Waals surface area contributed by atoms with Crippen molar-refractivity contribution in [3.63, 3.8) is 0 Å². The van der Waals surface area contributed by atoms with Crippen molar-refractivity contribution >= 4 is 27.6 Å². The number of hydrogen-bond donors (Lipinski definition) is 1. The van der Waals surface area contributed by atoms with Crippen LogP contribution in [0.5, 0.6) is 5.19 Å². The molecule has 27 heavy (non-hydrogen) atoms. The molecular weight excluding hydrogens is 365 g/mol. The van der Waals surface area contributed by atoms with Gasteiger partial charge in [0.05, 0.1) is 10.2 Å². The third kappa shape index (κ3) is 4.36. The summed E-state index contributed by atoms with van der Waals surface area (Å²) in [4.78, 5) is 18.5. The van der Waals surface area contributed by atoms with E-state index in [0.717, 1.165) is 28.6 Å². The van der Waals surface area contributed by atoms with Gasteiger partial charge in [-0.25, -0.2) is 14.2 Å². The molecule has 0 radical (unpaired) electrons. The zero-order valence-electron chi connectivity index (χ0n) is 14.7. The fourth-order valence-corrected chi connectivity index (χ4v) is 4.04. The summed E-state index contributed by atoms with van der Waals surface area (Å²) < 4.78 is 20.0. The number of fused-ring (bicyclic) bond motifs is 1. The first-order valence-electron chi connectivity index (χ1n) is 8.97. The molecule has 1 aromatic heterocycles. The number of benzene rings is 2. The van der Waals surface area contributed by atoms with Gasteiger partial charge in [-0.3, -0.25) is 0 Å². The van der Waals surface area contributed by atoms with Gasteiger partial charge in [0, 0.05) is 32.5 Å². The molecule has 1 aliphatic rings. The normalized spacial score (nSPS) is 15.1. The van der Waals surface area contributed by atoms with E-state index in [1.54, 1.807) is 6.07 Å². The van der Waals surface area contributed by atoms with Gasteiger partial charge in [-0.1, -0.05) is 41.7 Å². The predicted molar refractivity (Wildman–Crippen MR) is 103 cm³/mol. The van der Waals surface area contributed by atoms with E-state index in [0.29, 0.717) is 24.8 Å². The molecule has 2 amide bonds. The highest BCUT2D eigenvalue weighted by Gasteiger charge is 2.24. The van der Waals surface area contributed by atoms with Gasteiger partial charge >= 0.3 is 6.03 Å². The molecule has 3 aromatic rings. The van der Waals surface area contributed by atoms with E-state index in [-0.39, 0.29) is 18.0 Å². The van der Waals surface area contributed by atoms with Crippen LogP contribution in [0.1, 0.15) is 18.4 Å². The first-order chi connectivity index (χ1) is 13.2. The SMILES string of the molecule is O=C(NCc1ccccc1)N1CCC(Oc2nc3ccc(F)cc3s2)CC1. The number of urea groups is 1. The van der Waals surface area contributed by atoms with E-state index in [4.69, 9.17) is 4.74 Å². The second-order valence-corrected chi connectivity index (χ2v) is 7.53. The van der Waals surface area contributed by atoms with Crippen molar-refractivity contribution in [1.29, 1.82) is 0 Å². The summed E-state index contributed by atoms with van der Waals surface area (Å²) >= 11 is 1.35. The molecule has 0 unspecified atom stereocenters. The van der Waals surface area contributed by atoms with Gasteiger partial charge < -0.3 is 15.0 Å². The van der Waals surface area contributed by atoms with Crippen LogP contribution in [0.15, 0.2) is 48.5 Å². The van der Waals surface area contributed by atoms with Crippen LogP contribution in [0, 0.1) is 5.82 Å². The highest BCUT2D eigenvalue weighted by molar-refractivity contribution is 7.20. The number of nitrogens with zero attached hydrogens (tertiary/aromatic N) is 2. The van der Waals surface area contributed by atoms with Gasteiger partial charge in [0.25, 0.3) is 5.19 Å². The predicted octanol–water partition coefficient (Wildman–Crippen LogP) is 4.19. The summed E-state index contributed by atoms with van der Waals surface area (Å²) in [5, 5.41) is 3.51. The summed E-state index contributed by atoms with van der Waals surface area (Å²) in [5.74, 6) is -0.271. The van der Waals surface area contributed by atoms with E-state index in [1.807, 2.05) is 35.2 Å². The summed E-state index contributed by atoms with van der Waals surface area (Å²) in [7, 11) is 0. The fourth-order valence-electron chi connectivity index (χ4n) is 3.13. The number of ether oxygens (including phenoxy) is 1. The first-order valence-corrected chi connectivity index (χ1v) is 9.78. The second-order valence-electron chi connectivity index (χ2n) is 6.54. The van der Waals surface area contributed by atoms with E-state index >= 15 is 0 Å². The molecular formula is C20H20FN3O2S. The van der Waals surface area contributed by atoms with Crippen molar-refractivity contribution < 1.29 is 13.9 Å². The maximum absolute atomic E-state index is 13.3. The van der Waals surface area contributed by atoms with Crippen LogP contribution < -0.4 is 10.1 Å². The Hall–Kier alpha value is -2.67. The molecule has 1 saturated heterocycles. The molecule has 1 aliphatic heterocycles. The number of amides is 2. The Bertz CT molecular complexity index is 923. The lowest BCUT2D eigenvalue weighted by Gasteiger charge is -2.31.